The van der Waals surface area contributed by atoms with E-state index in [2.05, 4.69) is 5.32 Å². The van der Waals surface area contributed by atoms with Gasteiger partial charge in [0.2, 0.25) is 5.91 Å². The van der Waals surface area contributed by atoms with Gasteiger partial charge in [-0.15, -0.1) is 0 Å². The minimum absolute atomic E-state index is 0.0748. The topological polar surface area (TPSA) is 89.3 Å². The smallest absolute Gasteiger partial charge is 0.251 e. The number of allylic oxidation sites excluding steroid dienone is 1. The summed E-state index contributed by atoms with van der Waals surface area (Å²) in [6.07, 6.45) is 3.14. The van der Waals surface area contributed by atoms with Crippen LogP contribution in [0.2, 0.25) is 0 Å². The van der Waals surface area contributed by atoms with Gasteiger partial charge in [-0.2, -0.15) is 0 Å². The highest BCUT2D eigenvalue weighted by Crippen LogP contribution is 2.11. The number of ketones is 1. The van der Waals surface area contributed by atoms with Crippen molar-refractivity contribution in [3.05, 3.63) is 82.9 Å². The Morgan fingerprint density at radius 1 is 0.923 bits per heavy atom. The zero-order valence-electron chi connectivity index (χ0n) is 14.7. The maximum absolute atomic E-state index is 12.3. The van der Waals surface area contributed by atoms with E-state index < -0.39 is 5.91 Å². The molecule has 26 heavy (non-hydrogen) atoms. The van der Waals surface area contributed by atoms with Crippen molar-refractivity contribution in [2.45, 2.75) is 19.8 Å². The molecule has 0 aliphatic rings. The molecule has 3 N–H and O–H groups in total. The minimum Gasteiger partial charge on any atom is -0.366 e. The van der Waals surface area contributed by atoms with E-state index >= 15 is 0 Å². The largest absolute Gasteiger partial charge is 0.366 e. The molecule has 0 fully saturated rings. The summed E-state index contributed by atoms with van der Waals surface area (Å²) >= 11 is 0. The predicted molar refractivity (Wildman–Crippen MR) is 101 cm³/mol. The molecular weight excluding hydrogens is 328 g/mol. The number of carbonyl (C=O) groups excluding carboxylic acids is 3. The first-order chi connectivity index (χ1) is 12.5. The van der Waals surface area contributed by atoms with Gasteiger partial charge in [-0.25, -0.2) is 0 Å². The zero-order valence-corrected chi connectivity index (χ0v) is 14.7. The van der Waals surface area contributed by atoms with E-state index in [-0.39, 0.29) is 11.7 Å². The number of amides is 2. The van der Waals surface area contributed by atoms with Crippen molar-refractivity contribution in [2.75, 3.05) is 6.54 Å². The standard InChI is InChI=1S/C21H22N2O3/c1-15(20(22)25)7-5-6-14-23-21(26)18-12-10-17(11-13-18)19(24)16-8-3-2-4-9-16/h2-4,7-13H,5-6,14H2,1H3,(H2,22,25)(H,23,26). The van der Waals surface area contributed by atoms with Crippen LogP contribution < -0.4 is 11.1 Å². The molecule has 2 aromatic rings. The minimum atomic E-state index is -0.431. The molecule has 0 aromatic heterocycles. The normalized spacial score (nSPS) is 11.0. The van der Waals surface area contributed by atoms with Crippen LogP contribution >= 0.6 is 0 Å². The molecule has 0 aliphatic carbocycles. The SMILES string of the molecule is CC(=CCCCNC(=O)c1ccc(C(=O)c2ccccc2)cc1)C(N)=O. The second kappa shape index (κ2) is 9.32. The average molecular weight is 350 g/mol. The molecule has 0 radical (unpaired) electrons. The van der Waals surface area contributed by atoms with E-state index in [9.17, 15) is 14.4 Å². The number of rotatable bonds is 8. The maximum Gasteiger partial charge on any atom is 0.251 e. The fourth-order valence-corrected chi connectivity index (χ4v) is 2.35. The Bertz CT molecular complexity index is 809. The summed E-state index contributed by atoms with van der Waals surface area (Å²) in [6, 6.07) is 15.6. The van der Waals surface area contributed by atoms with Crippen molar-refractivity contribution in [1.29, 1.82) is 0 Å². The van der Waals surface area contributed by atoms with Crippen LogP contribution in [0.3, 0.4) is 0 Å². The van der Waals surface area contributed by atoms with Crippen molar-refractivity contribution in [1.82, 2.24) is 5.32 Å². The molecule has 5 nitrogen and oxygen atoms in total. The van der Waals surface area contributed by atoms with Crippen LogP contribution in [0.25, 0.3) is 0 Å². The van der Waals surface area contributed by atoms with E-state index in [4.69, 9.17) is 5.73 Å². The zero-order chi connectivity index (χ0) is 18.9. The van der Waals surface area contributed by atoms with Crippen molar-refractivity contribution < 1.29 is 14.4 Å². The van der Waals surface area contributed by atoms with E-state index in [0.717, 1.165) is 0 Å². The average Bonchev–Trinajstić information content (AvgIpc) is 2.67. The summed E-state index contributed by atoms with van der Waals surface area (Å²) in [5.74, 6) is -0.701. The molecule has 0 heterocycles. The lowest BCUT2D eigenvalue weighted by Gasteiger charge is -2.06. The molecular formula is C21H22N2O3. The molecule has 2 aromatic carbocycles. The summed E-state index contributed by atoms with van der Waals surface area (Å²) in [6.45, 7) is 2.16. The van der Waals surface area contributed by atoms with E-state index in [0.29, 0.717) is 41.6 Å². The van der Waals surface area contributed by atoms with Crippen LogP contribution in [0.5, 0.6) is 0 Å². The Kier molecular flexibility index (Phi) is 6.85. The van der Waals surface area contributed by atoms with Gasteiger partial charge in [-0.1, -0.05) is 48.5 Å². The third kappa shape index (κ3) is 5.41. The quantitative estimate of drug-likeness (QED) is 0.436. The second-order valence-electron chi connectivity index (χ2n) is 5.92. The Morgan fingerprint density at radius 2 is 1.50 bits per heavy atom. The summed E-state index contributed by atoms with van der Waals surface area (Å²) in [7, 11) is 0. The summed E-state index contributed by atoms with van der Waals surface area (Å²) in [5, 5.41) is 2.81. The number of nitrogens with one attached hydrogen (secondary N) is 1. The third-order valence-corrected chi connectivity index (χ3v) is 3.95. The highest BCUT2D eigenvalue weighted by molar-refractivity contribution is 6.09. The highest BCUT2D eigenvalue weighted by atomic mass is 16.2. The van der Waals surface area contributed by atoms with Gasteiger partial charge >= 0.3 is 0 Å². The van der Waals surface area contributed by atoms with Crippen LogP contribution in [-0.4, -0.2) is 24.1 Å². The lowest BCUT2D eigenvalue weighted by atomic mass is 10.0. The second-order valence-corrected chi connectivity index (χ2v) is 5.92. The number of hydrogen-bond acceptors (Lipinski definition) is 3. The van der Waals surface area contributed by atoms with Crippen molar-refractivity contribution in [3.8, 4) is 0 Å². The third-order valence-electron chi connectivity index (χ3n) is 3.95. The Morgan fingerprint density at radius 3 is 2.12 bits per heavy atom. The van der Waals surface area contributed by atoms with Gasteiger partial charge in [0.25, 0.3) is 5.91 Å². The number of hydrogen-bond donors (Lipinski definition) is 2. The molecule has 134 valence electrons. The van der Waals surface area contributed by atoms with Gasteiger partial charge < -0.3 is 11.1 Å². The molecule has 0 saturated heterocycles. The molecule has 0 saturated carbocycles. The molecule has 2 amide bonds. The van der Waals surface area contributed by atoms with E-state index in [1.807, 2.05) is 18.2 Å². The van der Waals surface area contributed by atoms with Gasteiger partial charge in [0, 0.05) is 28.8 Å². The van der Waals surface area contributed by atoms with Crippen LogP contribution in [-0.2, 0) is 4.79 Å². The van der Waals surface area contributed by atoms with Crippen LogP contribution in [0.4, 0.5) is 0 Å². The Hall–Kier alpha value is -3.21. The van der Waals surface area contributed by atoms with Crippen molar-refractivity contribution >= 4 is 17.6 Å². The number of benzene rings is 2. The van der Waals surface area contributed by atoms with Crippen LogP contribution in [0.1, 0.15) is 46.0 Å². The molecule has 0 atom stereocenters. The lowest BCUT2D eigenvalue weighted by molar-refractivity contribution is -0.114. The van der Waals surface area contributed by atoms with Crippen molar-refractivity contribution in [3.63, 3.8) is 0 Å². The number of primary amides is 1. The first-order valence-electron chi connectivity index (χ1n) is 8.43. The van der Waals surface area contributed by atoms with Gasteiger partial charge in [0.15, 0.2) is 5.78 Å². The first kappa shape index (κ1) is 19.1. The summed E-state index contributed by atoms with van der Waals surface area (Å²) in [5.41, 5.74) is 7.32. The van der Waals surface area contributed by atoms with Gasteiger partial charge in [-0.3, -0.25) is 14.4 Å². The predicted octanol–water partition coefficient (Wildman–Crippen LogP) is 2.86. The summed E-state index contributed by atoms with van der Waals surface area (Å²) < 4.78 is 0. The van der Waals surface area contributed by atoms with Crippen molar-refractivity contribution in [2.24, 2.45) is 5.73 Å². The Balaban J connectivity index is 1.86. The molecule has 0 unspecified atom stereocenters. The van der Waals surface area contributed by atoms with E-state index in [1.165, 1.54) is 0 Å². The Labute approximate surface area is 152 Å². The molecule has 0 aliphatic heterocycles. The van der Waals surface area contributed by atoms with Crippen LogP contribution in [0, 0.1) is 0 Å². The first-order valence-corrected chi connectivity index (χ1v) is 8.43. The van der Waals surface area contributed by atoms with E-state index in [1.54, 1.807) is 49.4 Å². The van der Waals surface area contributed by atoms with Gasteiger partial charge in [-0.05, 0) is 31.9 Å². The molecule has 0 spiro atoms. The number of unbranched alkanes of at least 4 members (excludes halogenated alkanes) is 1. The highest BCUT2D eigenvalue weighted by Gasteiger charge is 2.10. The van der Waals surface area contributed by atoms with Gasteiger partial charge in [0.05, 0.1) is 0 Å². The maximum atomic E-state index is 12.3. The fraction of sp³-hybridized carbons (Fsp3) is 0.190. The molecule has 0 bridgehead atoms. The molecule has 2 rings (SSSR count). The van der Waals surface area contributed by atoms with Crippen LogP contribution in [0.15, 0.2) is 66.2 Å². The summed E-state index contributed by atoms with van der Waals surface area (Å²) in [4.78, 5) is 35.3. The lowest BCUT2D eigenvalue weighted by Crippen LogP contribution is -2.24. The monoisotopic (exact) mass is 350 g/mol. The fourth-order valence-electron chi connectivity index (χ4n) is 2.35. The molecule has 5 heteroatoms. The number of carbonyl (C=O) groups is 3. The van der Waals surface area contributed by atoms with Gasteiger partial charge in [0.1, 0.15) is 0 Å². The number of nitrogens with two attached hydrogens (primary N) is 1.